The molecular formula is C24H26N4O6. The molecule has 0 spiro atoms. The Labute approximate surface area is 196 Å². The van der Waals surface area contributed by atoms with Gasteiger partial charge in [-0.3, -0.25) is 25.1 Å². The van der Waals surface area contributed by atoms with Crippen LogP contribution in [0.3, 0.4) is 0 Å². The number of aromatic nitrogens is 2. The van der Waals surface area contributed by atoms with Crippen LogP contribution < -0.4 is 29.8 Å². The molecule has 1 aromatic heterocycles. The van der Waals surface area contributed by atoms with E-state index in [0.717, 1.165) is 6.42 Å². The van der Waals surface area contributed by atoms with Crippen LogP contribution in [0, 0.1) is 0 Å². The number of hydrogen-bond acceptors (Lipinski definition) is 7. The predicted molar refractivity (Wildman–Crippen MR) is 123 cm³/mol. The van der Waals surface area contributed by atoms with Crippen LogP contribution in [0.25, 0.3) is 11.3 Å². The lowest BCUT2D eigenvalue weighted by Gasteiger charge is -2.12. The summed E-state index contributed by atoms with van der Waals surface area (Å²) in [6.45, 7) is 3.46. The topological polar surface area (TPSA) is 113 Å². The summed E-state index contributed by atoms with van der Waals surface area (Å²) in [5.41, 5.74) is 6.62. The fraction of sp³-hybridized carbons (Fsp3) is 0.292. The fourth-order valence-electron chi connectivity index (χ4n) is 3.52. The number of fused-ring (bicyclic) bond motifs is 1. The van der Waals surface area contributed by atoms with Crippen molar-refractivity contribution in [3.05, 3.63) is 53.7 Å². The highest BCUT2D eigenvalue weighted by atomic mass is 16.5. The summed E-state index contributed by atoms with van der Waals surface area (Å²) in [7, 11) is 3.21. The second-order valence-electron chi connectivity index (χ2n) is 7.48. The Balaban J connectivity index is 1.50. The van der Waals surface area contributed by atoms with Crippen LogP contribution in [0.15, 0.2) is 42.6 Å². The van der Waals surface area contributed by atoms with Crippen LogP contribution in [0.5, 0.6) is 23.0 Å². The maximum absolute atomic E-state index is 12.9. The number of amides is 2. The number of ether oxygens (including phenoxy) is 4. The SMILES string of the molecule is CCOc1ccc(C(=O)NNC(=O)c2cn(C)nc2-c2ccc3c(c2)OCCCO3)cc1OC. The van der Waals surface area contributed by atoms with Crippen molar-refractivity contribution >= 4 is 11.8 Å². The molecular weight excluding hydrogens is 440 g/mol. The number of hydrazine groups is 1. The van der Waals surface area contributed by atoms with Crippen molar-refractivity contribution in [3.63, 3.8) is 0 Å². The Bertz CT molecular complexity index is 1210. The number of benzene rings is 2. The van der Waals surface area contributed by atoms with Crippen LogP contribution in [0.4, 0.5) is 0 Å². The summed E-state index contributed by atoms with van der Waals surface area (Å²) < 4.78 is 23.7. The van der Waals surface area contributed by atoms with E-state index in [1.165, 1.54) is 11.8 Å². The average molecular weight is 466 g/mol. The lowest BCUT2D eigenvalue weighted by Crippen LogP contribution is -2.41. The molecule has 2 heterocycles. The summed E-state index contributed by atoms with van der Waals surface area (Å²) in [6.07, 6.45) is 2.38. The predicted octanol–water partition coefficient (Wildman–Crippen LogP) is 2.73. The van der Waals surface area contributed by atoms with Crippen molar-refractivity contribution in [1.29, 1.82) is 0 Å². The van der Waals surface area contributed by atoms with Crippen LogP contribution >= 0.6 is 0 Å². The summed E-state index contributed by atoms with van der Waals surface area (Å²) in [5, 5.41) is 4.43. The first-order chi connectivity index (χ1) is 16.5. The van der Waals surface area contributed by atoms with Crippen LogP contribution in [0.2, 0.25) is 0 Å². The van der Waals surface area contributed by atoms with Gasteiger partial charge in [0.25, 0.3) is 11.8 Å². The van der Waals surface area contributed by atoms with E-state index in [2.05, 4.69) is 16.0 Å². The molecule has 0 unspecified atom stereocenters. The first kappa shape index (κ1) is 23.0. The van der Waals surface area contributed by atoms with Gasteiger partial charge in [-0.2, -0.15) is 5.10 Å². The Morgan fingerprint density at radius 2 is 1.79 bits per heavy atom. The quantitative estimate of drug-likeness (QED) is 0.537. The molecule has 0 fully saturated rings. The smallest absolute Gasteiger partial charge is 0.273 e. The number of rotatable bonds is 6. The van der Waals surface area contributed by atoms with Crippen molar-refractivity contribution in [1.82, 2.24) is 20.6 Å². The van der Waals surface area contributed by atoms with Gasteiger partial charge in [0, 0.05) is 30.8 Å². The molecule has 2 aromatic carbocycles. The van der Waals surface area contributed by atoms with Crippen LogP contribution in [0.1, 0.15) is 34.1 Å². The maximum Gasteiger partial charge on any atom is 0.273 e. The normalized spacial score (nSPS) is 12.4. The largest absolute Gasteiger partial charge is 0.493 e. The lowest BCUT2D eigenvalue weighted by atomic mass is 10.1. The molecule has 1 aliphatic rings. The molecule has 178 valence electrons. The van der Waals surface area contributed by atoms with Gasteiger partial charge in [-0.15, -0.1) is 0 Å². The zero-order valence-electron chi connectivity index (χ0n) is 19.2. The minimum atomic E-state index is -0.513. The third-order valence-corrected chi connectivity index (χ3v) is 5.11. The van der Waals surface area contributed by atoms with Gasteiger partial charge in [-0.05, 0) is 43.3 Å². The fourth-order valence-corrected chi connectivity index (χ4v) is 3.52. The molecule has 4 rings (SSSR count). The summed E-state index contributed by atoms with van der Waals surface area (Å²) in [4.78, 5) is 25.5. The summed E-state index contributed by atoms with van der Waals surface area (Å²) >= 11 is 0. The minimum absolute atomic E-state index is 0.293. The number of nitrogens with zero attached hydrogens (tertiary/aromatic N) is 2. The zero-order chi connectivity index (χ0) is 24.1. The standard InChI is InChI=1S/C24H26N4O6/c1-4-32-18-9-7-16(13-20(18)31-3)23(29)25-26-24(30)17-14-28(2)27-22(17)15-6-8-19-21(12-15)34-11-5-10-33-19/h6-9,12-14H,4-5,10-11H2,1-3H3,(H,25,29)(H,26,30). The number of carbonyl (C=O) groups excluding carboxylic acids is 2. The van der Waals surface area contributed by atoms with E-state index in [1.807, 2.05) is 13.0 Å². The first-order valence-electron chi connectivity index (χ1n) is 10.8. The molecule has 0 atom stereocenters. The summed E-state index contributed by atoms with van der Waals surface area (Å²) in [6, 6.07) is 10.2. The molecule has 0 radical (unpaired) electrons. The maximum atomic E-state index is 12.9. The molecule has 34 heavy (non-hydrogen) atoms. The second kappa shape index (κ2) is 10.2. The van der Waals surface area contributed by atoms with Gasteiger partial charge < -0.3 is 18.9 Å². The van der Waals surface area contributed by atoms with E-state index < -0.39 is 11.8 Å². The molecule has 0 aliphatic carbocycles. The molecule has 0 saturated heterocycles. The number of nitrogens with one attached hydrogen (secondary N) is 2. The second-order valence-corrected chi connectivity index (χ2v) is 7.48. The van der Waals surface area contributed by atoms with E-state index in [1.54, 1.807) is 43.6 Å². The molecule has 1 aliphatic heterocycles. The van der Waals surface area contributed by atoms with Gasteiger partial charge in [-0.25, -0.2) is 0 Å². The molecule has 10 nitrogen and oxygen atoms in total. The monoisotopic (exact) mass is 466 g/mol. The van der Waals surface area contributed by atoms with E-state index >= 15 is 0 Å². The van der Waals surface area contributed by atoms with Crippen molar-refractivity contribution in [3.8, 4) is 34.3 Å². The molecule has 10 heteroatoms. The first-order valence-corrected chi connectivity index (χ1v) is 10.8. The van der Waals surface area contributed by atoms with Gasteiger partial charge in [0.2, 0.25) is 0 Å². The third-order valence-electron chi connectivity index (χ3n) is 5.11. The van der Waals surface area contributed by atoms with Crippen molar-refractivity contribution < 1.29 is 28.5 Å². The van der Waals surface area contributed by atoms with E-state index in [0.29, 0.717) is 65.2 Å². The Kier molecular flexibility index (Phi) is 6.86. The number of aryl methyl sites for hydroxylation is 1. The van der Waals surface area contributed by atoms with Crippen molar-refractivity contribution in [2.24, 2.45) is 7.05 Å². The molecule has 0 saturated carbocycles. The minimum Gasteiger partial charge on any atom is -0.493 e. The molecule has 2 amide bonds. The Morgan fingerprint density at radius 3 is 2.56 bits per heavy atom. The number of hydrogen-bond donors (Lipinski definition) is 2. The number of carbonyl (C=O) groups is 2. The number of methoxy groups -OCH3 is 1. The molecule has 2 N–H and O–H groups in total. The zero-order valence-corrected chi connectivity index (χ0v) is 19.2. The molecule has 0 bridgehead atoms. The Morgan fingerprint density at radius 1 is 1.03 bits per heavy atom. The van der Waals surface area contributed by atoms with E-state index in [9.17, 15) is 9.59 Å². The van der Waals surface area contributed by atoms with Crippen molar-refractivity contribution in [2.75, 3.05) is 26.9 Å². The average Bonchev–Trinajstić information content (AvgIpc) is 3.09. The highest BCUT2D eigenvalue weighted by molar-refractivity contribution is 6.02. The summed E-state index contributed by atoms with van der Waals surface area (Å²) in [5.74, 6) is 1.19. The van der Waals surface area contributed by atoms with Gasteiger partial charge >= 0.3 is 0 Å². The third kappa shape index (κ3) is 4.90. The van der Waals surface area contributed by atoms with Gasteiger partial charge in [-0.1, -0.05) is 0 Å². The Hall–Kier alpha value is -4.21. The van der Waals surface area contributed by atoms with Gasteiger partial charge in [0.05, 0.1) is 32.5 Å². The van der Waals surface area contributed by atoms with Crippen molar-refractivity contribution in [2.45, 2.75) is 13.3 Å². The van der Waals surface area contributed by atoms with Gasteiger partial charge in [0.1, 0.15) is 5.69 Å². The van der Waals surface area contributed by atoms with E-state index in [4.69, 9.17) is 18.9 Å². The van der Waals surface area contributed by atoms with Crippen LogP contribution in [-0.2, 0) is 7.05 Å². The highest BCUT2D eigenvalue weighted by Crippen LogP contribution is 2.34. The van der Waals surface area contributed by atoms with Gasteiger partial charge in [0.15, 0.2) is 23.0 Å². The van der Waals surface area contributed by atoms with Crippen LogP contribution in [-0.4, -0.2) is 48.5 Å². The lowest BCUT2D eigenvalue weighted by molar-refractivity contribution is 0.0847. The van der Waals surface area contributed by atoms with E-state index in [-0.39, 0.29) is 0 Å². The highest BCUT2D eigenvalue weighted by Gasteiger charge is 2.20. The molecule has 3 aromatic rings.